The standard InChI is InChI=1S/C21H25N5O3/c1-14-12-15(2)26(24-14)13-16-5-7-17(8-6-16)20(27)22-10-9-19-23-21(29-25-19)18-4-3-11-28-18/h5-8,12,18H,3-4,9-11,13H2,1-2H3,(H,22,27)/t18-/m1/s1. The maximum atomic E-state index is 12.4. The SMILES string of the molecule is Cc1cc(C)n(Cc2ccc(C(=O)NCCc3noc([C@H]4CCCO4)n3)cc2)n1. The summed E-state index contributed by atoms with van der Waals surface area (Å²) in [6.07, 6.45) is 2.35. The Hall–Kier alpha value is -3.00. The van der Waals surface area contributed by atoms with Crippen LogP contribution in [0.2, 0.25) is 0 Å². The molecule has 0 bridgehead atoms. The van der Waals surface area contributed by atoms with Gasteiger partial charge in [0.2, 0.25) is 0 Å². The molecule has 0 saturated carbocycles. The van der Waals surface area contributed by atoms with Gasteiger partial charge in [-0.1, -0.05) is 17.3 Å². The number of carbonyl (C=O) groups excluding carboxylic acids is 1. The smallest absolute Gasteiger partial charge is 0.255 e. The number of nitrogens with zero attached hydrogens (tertiary/aromatic N) is 4. The van der Waals surface area contributed by atoms with E-state index < -0.39 is 0 Å². The van der Waals surface area contributed by atoms with Crippen LogP contribution in [0.5, 0.6) is 0 Å². The number of benzene rings is 1. The second-order valence-electron chi connectivity index (χ2n) is 7.34. The summed E-state index contributed by atoms with van der Waals surface area (Å²) in [5, 5.41) is 11.3. The van der Waals surface area contributed by atoms with Crippen molar-refractivity contribution in [3.8, 4) is 0 Å². The number of ether oxygens (including phenoxy) is 1. The summed E-state index contributed by atoms with van der Waals surface area (Å²) in [6.45, 7) is 5.88. The zero-order valence-electron chi connectivity index (χ0n) is 16.7. The van der Waals surface area contributed by atoms with Gasteiger partial charge in [0.25, 0.3) is 11.8 Å². The summed E-state index contributed by atoms with van der Waals surface area (Å²) in [4.78, 5) is 16.7. The van der Waals surface area contributed by atoms with Crippen LogP contribution in [0.25, 0.3) is 0 Å². The van der Waals surface area contributed by atoms with E-state index in [1.54, 1.807) is 0 Å². The van der Waals surface area contributed by atoms with Crippen molar-refractivity contribution < 1.29 is 14.1 Å². The van der Waals surface area contributed by atoms with Gasteiger partial charge in [0.05, 0.1) is 12.2 Å². The van der Waals surface area contributed by atoms with Crippen molar-refractivity contribution in [3.63, 3.8) is 0 Å². The molecule has 0 radical (unpaired) electrons. The van der Waals surface area contributed by atoms with Crippen molar-refractivity contribution in [2.45, 2.75) is 45.8 Å². The highest BCUT2D eigenvalue weighted by Crippen LogP contribution is 2.26. The van der Waals surface area contributed by atoms with E-state index in [1.807, 2.05) is 42.8 Å². The minimum Gasteiger partial charge on any atom is -0.368 e. The van der Waals surface area contributed by atoms with Gasteiger partial charge in [-0.2, -0.15) is 10.1 Å². The van der Waals surface area contributed by atoms with Crippen LogP contribution < -0.4 is 5.32 Å². The average molecular weight is 395 g/mol. The van der Waals surface area contributed by atoms with E-state index >= 15 is 0 Å². The lowest BCUT2D eigenvalue weighted by atomic mass is 10.1. The second-order valence-corrected chi connectivity index (χ2v) is 7.34. The largest absolute Gasteiger partial charge is 0.368 e. The molecule has 1 fully saturated rings. The summed E-state index contributed by atoms with van der Waals surface area (Å²) in [6, 6.07) is 9.63. The molecule has 1 aliphatic rings. The number of hydrogen-bond acceptors (Lipinski definition) is 6. The lowest BCUT2D eigenvalue weighted by molar-refractivity contribution is 0.0835. The first-order valence-electron chi connectivity index (χ1n) is 9.91. The molecule has 152 valence electrons. The number of nitrogens with one attached hydrogen (secondary N) is 1. The van der Waals surface area contributed by atoms with E-state index in [-0.39, 0.29) is 12.0 Å². The van der Waals surface area contributed by atoms with Crippen LogP contribution in [0.1, 0.15) is 58.0 Å². The Labute approximate surface area is 169 Å². The molecule has 2 aromatic heterocycles. The first-order chi connectivity index (χ1) is 14.1. The van der Waals surface area contributed by atoms with Gasteiger partial charge in [-0.05, 0) is 50.5 Å². The normalized spacial score (nSPS) is 16.3. The quantitative estimate of drug-likeness (QED) is 0.661. The third-order valence-electron chi connectivity index (χ3n) is 4.97. The van der Waals surface area contributed by atoms with E-state index in [0.717, 1.165) is 36.4 Å². The van der Waals surface area contributed by atoms with E-state index in [9.17, 15) is 4.79 Å². The summed E-state index contributed by atoms with van der Waals surface area (Å²) in [5.74, 6) is 0.989. The van der Waals surface area contributed by atoms with Gasteiger partial charge in [-0.25, -0.2) is 0 Å². The molecule has 29 heavy (non-hydrogen) atoms. The number of carbonyl (C=O) groups is 1. The maximum absolute atomic E-state index is 12.4. The highest BCUT2D eigenvalue weighted by molar-refractivity contribution is 5.94. The fraction of sp³-hybridized carbons (Fsp3) is 0.429. The van der Waals surface area contributed by atoms with Crippen molar-refractivity contribution in [1.29, 1.82) is 0 Å². The third-order valence-corrected chi connectivity index (χ3v) is 4.97. The van der Waals surface area contributed by atoms with Gasteiger partial charge in [-0.3, -0.25) is 9.48 Å². The zero-order valence-corrected chi connectivity index (χ0v) is 16.7. The molecule has 0 aliphatic carbocycles. The van der Waals surface area contributed by atoms with E-state index in [2.05, 4.69) is 26.6 Å². The van der Waals surface area contributed by atoms with E-state index in [1.165, 1.54) is 0 Å². The molecule has 1 aliphatic heterocycles. The average Bonchev–Trinajstić information content (AvgIpc) is 3.44. The predicted octanol–water partition coefficient (Wildman–Crippen LogP) is 2.76. The van der Waals surface area contributed by atoms with Crippen LogP contribution in [-0.4, -0.2) is 39.0 Å². The Morgan fingerprint density at radius 3 is 2.79 bits per heavy atom. The van der Waals surface area contributed by atoms with E-state index in [0.29, 0.717) is 36.8 Å². The Bertz CT molecular complexity index is 971. The fourth-order valence-corrected chi connectivity index (χ4v) is 3.43. The van der Waals surface area contributed by atoms with Crippen molar-refractivity contribution in [2.24, 2.45) is 0 Å². The van der Waals surface area contributed by atoms with Crippen LogP contribution in [-0.2, 0) is 17.7 Å². The zero-order chi connectivity index (χ0) is 20.2. The minimum atomic E-state index is -0.120. The monoisotopic (exact) mass is 395 g/mol. The topological polar surface area (TPSA) is 95.1 Å². The molecule has 1 amide bonds. The predicted molar refractivity (Wildman–Crippen MR) is 106 cm³/mol. The molecule has 3 heterocycles. The maximum Gasteiger partial charge on any atom is 0.255 e. The van der Waals surface area contributed by atoms with Crippen molar-refractivity contribution in [2.75, 3.05) is 13.2 Å². The van der Waals surface area contributed by atoms with Crippen LogP contribution in [0, 0.1) is 13.8 Å². The summed E-state index contributed by atoms with van der Waals surface area (Å²) in [7, 11) is 0. The molecule has 8 heteroatoms. The summed E-state index contributed by atoms with van der Waals surface area (Å²) >= 11 is 0. The van der Waals surface area contributed by atoms with Gasteiger partial charge in [0.1, 0.15) is 6.10 Å². The first-order valence-corrected chi connectivity index (χ1v) is 9.91. The Morgan fingerprint density at radius 1 is 1.28 bits per heavy atom. The molecule has 1 aromatic carbocycles. The molecule has 3 aromatic rings. The van der Waals surface area contributed by atoms with Gasteiger partial charge in [-0.15, -0.1) is 0 Å². The van der Waals surface area contributed by atoms with Crippen LogP contribution in [0.15, 0.2) is 34.9 Å². The number of amides is 1. The number of aromatic nitrogens is 4. The minimum absolute atomic E-state index is 0.0844. The Morgan fingerprint density at radius 2 is 2.10 bits per heavy atom. The number of rotatable bonds is 7. The highest BCUT2D eigenvalue weighted by Gasteiger charge is 2.23. The lowest BCUT2D eigenvalue weighted by Gasteiger charge is -2.07. The number of hydrogen-bond donors (Lipinski definition) is 1. The summed E-state index contributed by atoms with van der Waals surface area (Å²) < 4.78 is 12.8. The molecule has 0 unspecified atom stereocenters. The third kappa shape index (κ3) is 4.71. The molecular formula is C21H25N5O3. The highest BCUT2D eigenvalue weighted by atomic mass is 16.5. The van der Waals surface area contributed by atoms with Crippen molar-refractivity contribution >= 4 is 5.91 Å². The Balaban J connectivity index is 1.27. The molecule has 8 nitrogen and oxygen atoms in total. The second kappa shape index (κ2) is 8.57. The molecule has 1 atom stereocenters. The molecule has 0 spiro atoms. The lowest BCUT2D eigenvalue weighted by Crippen LogP contribution is -2.26. The van der Waals surface area contributed by atoms with Crippen LogP contribution in [0.4, 0.5) is 0 Å². The molecule has 1 N–H and O–H groups in total. The summed E-state index contributed by atoms with van der Waals surface area (Å²) in [5.41, 5.74) is 3.84. The van der Waals surface area contributed by atoms with Gasteiger partial charge in [0, 0.05) is 30.8 Å². The molecular weight excluding hydrogens is 370 g/mol. The van der Waals surface area contributed by atoms with Gasteiger partial charge >= 0.3 is 0 Å². The van der Waals surface area contributed by atoms with Crippen molar-refractivity contribution in [1.82, 2.24) is 25.2 Å². The van der Waals surface area contributed by atoms with E-state index in [4.69, 9.17) is 9.26 Å². The fourth-order valence-electron chi connectivity index (χ4n) is 3.43. The van der Waals surface area contributed by atoms with Gasteiger partial charge < -0.3 is 14.6 Å². The molecule has 4 rings (SSSR count). The van der Waals surface area contributed by atoms with Crippen LogP contribution >= 0.6 is 0 Å². The first kappa shape index (κ1) is 19.3. The van der Waals surface area contributed by atoms with Crippen molar-refractivity contribution in [3.05, 3.63) is 64.6 Å². The Kier molecular flexibility index (Phi) is 5.71. The number of aryl methyl sites for hydroxylation is 2. The van der Waals surface area contributed by atoms with Gasteiger partial charge in [0.15, 0.2) is 5.82 Å². The molecule has 1 saturated heterocycles. The van der Waals surface area contributed by atoms with Crippen LogP contribution in [0.3, 0.4) is 0 Å².